The van der Waals surface area contributed by atoms with E-state index in [2.05, 4.69) is 27.4 Å². The maximum Gasteiger partial charge on any atom is 0.418 e. The van der Waals surface area contributed by atoms with Gasteiger partial charge in [0.15, 0.2) is 0 Å². The van der Waals surface area contributed by atoms with Crippen molar-refractivity contribution in [2.45, 2.75) is 51.2 Å². The van der Waals surface area contributed by atoms with E-state index < -0.39 is 11.7 Å². The predicted molar refractivity (Wildman–Crippen MR) is 127 cm³/mol. The average Bonchev–Trinajstić information content (AvgIpc) is 3.35. The summed E-state index contributed by atoms with van der Waals surface area (Å²) >= 11 is 0. The number of fused-ring (bicyclic) bond motifs is 1. The summed E-state index contributed by atoms with van der Waals surface area (Å²) in [6.07, 6.45) is 0.451. The van der Waals surface area contributed by atoms with Crippen LogP contribution >= 0.6 is 24.8 Å². The van der Waals surface area contributed by atoms with Gasteiger partial charge in [-0.25, -0.2) is 4.98 Å². The van der Waals surface area contributed by atoms with E-state index in [1.165, 1.54) is 17.7 Å². The third-order valence-electron chi connectivity index (χ3n) is 5.70. The Hall–Kier alpha value is -1.97. The summed E-state index contributed by atoms with van der Waals surface area (Å²) in [6, 6.07) is 4.21. The number of benzene rings is 1. The third-order valence-corrected chi connectivity index (χ3v) is 5.70. The molecule has 178 valence electrons. The first-order valence-electron chi connectivity index (χ1n) is 10.5. The maximum absolute atomic E-state index is 13.2. The van der Waals surface area contributed by atoms with E-state index in [1.54, 1.807) is 0 Å². The summed E-state index contributed by atoms with van der Waals surface area (Å²) < 4.78 is 39.6. The fourth-order valence-electron chi connectivity index (χ4n) is 4.21. The molecule has 2 aliphatic rings. The Bertz CT molecular complexity index is 925. The largest absolute Gasteiger partial charge is 0.418 e. The molecule has 1 aromatic heterocycles. The Labute approximate surface area is 198 Å². The summed E-state index contributed by atoms with van der Waals surface area (Å²) in [5.41, 5.74) is 6.77. The van der Waals surface area contributed by atoms with E-state index in [0.717, 1.165) is 69.3 Å². The molecule has 1 fully saturated rings. The minimum absolute atomic E-state index is 0. The Kier molecular flexibility index (Phi) is 8.84. The molecule has 4 N–H and O–H groups in total. The van der Waals surface area contributed by atoms with E-state index in [1.807, 2.05) is 0 Å². The fraction of sp³-hybridized carbons (Fsp3) is 0.524. The molecule has 11 heteroatoms. The quantitative estimate of drug-likeness (QED) is 0.505. The van der Waals surface area contributed by atoms with Gasteiger partial charge in [0.05, 0.1) is 11.3 Å². The van der Waals surface area contributed by atoms with Crippen LogP contribution in [-0.2, 0) is 19.0 Å². The van der Waals surface area contributed by atoms with Crippen molar-refractivity contribution in [1.82, 2.24) is 15.3 Å². The first kappa shape index (κ1) is 26.3. The van der Waals surface area contributed by atoms with Gasteiger partial charge in [-0.15, -0.1) is 24.8 Å². The lowest BCUT2D eigenvalue weighted by molar-refractivity contribution is -0.136. The van der Waals surface area contributed by atoms with Crippen LogP contribution in [0.15, 0.2) is 18.2 Å². The number of rotatable bonds is 6. The molecule has 0 bridgehead atoms. The Balaban J connectivity index is 0.00000181. The molecule has 2 aromatic rings. The molecule has 1 aromatic carbocycles. The standard InChI is InChI=1S/C21H27F3N6.2ClH/c1-2-9-26-14-8-10-30(12-14)19-15-4-3-5-18(15)28-20(29-19)27-13-6-7-17(25)16(11-13)21(22,23)24;;/h6-7,11,14,26H,2-5,8-10,12,25H2,1H3,(H,27,28,29);2*1H. The Morgan fingerprint density at radius 1 is 1.19 bits per heavy atom. The van der Waals surface area contributed by atoms with Crippen LogP contribution in [0.5, 0.6) is 0 Å². The van der Waals surface area contributed by atoms with Gasteiger partial charge in [0.2, 0.25) is 5.95 Å². The molecule has 1 atom stereocenters. The van der Waals surface area contributed by atoms with E-state index in [0.29, 0.717) is 12.0 Å². The van der Waals surface area contributed by atoms with Gasteiger partial charge in [0.25, 0.3) is 0 Å². The van der Waals surface area contributed by atoms with Crippen LogP contribution in [0.1, 0.15) is 43.0 Å². The van der Waals surface area contributed by atoms with E-state index in [-0.39, 0.29) is 36.2 Å². The molecule has 0 radical (unpaired) electrons. The second-order valence-electron chi connectivity index (χ2n) is 7.96. The number of nitrogen functional groups attached to an aromatic ring is 1. The first-order valence-corrected chi connectivity index (χ1v) is 10.5. The van der Waals surface area contributed by atoms with Gasteiger partial charge < -0.3 is 21.3 Å². The zero-order valence-corrected chi connectivity index (χ0v) is 19.5. The van der Waals surface area contributed by atoms with Crippen molar-refractivity contribution in [1.29, 1.82) is 0 Å². The van der Waals surface area contributed by atoms with E-state index >= 15 is 0 Å². The van der Waals surface area contributed by atoms with Gasteiger partial charge in [-0.1, -0.05) is 6.92 Å². The highest BCUT2D eigenvalue weighted by Crippen LogP contribution is 2.36. The molecule has 0 saturated carbocycles. The smallest absolute Gasteiger partial charge is 0.398 e. The maximum atomic E-state index is 13.2. The third kappa shape index (κ3) is 5.68. The number of nitrogens with one attached hydrogen (secondary N) is 2. The summed E-state index contributed by atoms with van der Waals surface area (Å²) in [5, 5.41) is 6.52. The monoisotopic (exact) mass is 492 g/mol. The molecule has 1 saturated heterocycles. The van der Waals surface area contributed by atoms with Crippen molar-refractivity contribution in [3.63, 3.8) is 0 Å². The molecule has 6 nitrogen and oxygen atoms in total. The summed E-state index contributed by atoms with van der Waals surface area (Å²) in [6.45, 7) is 4.93. The highest BCUT2D eigenvalue weighted by atomic mass is 35.5. The number of alkyl halides is 3. The molecule has 0 spiro atoms. The van der Waals surface area contributed by atoms with Crippen LogP contribution in [0.25, 0.3) is 0 Å². The molecule has 2 heterocycles. The number of hydrogen-bond donors (Lipinski definition) is 3. The van der Waals surface area contributed by atoms with Crippen molar-refractivity contribution < 1.29 is 13.2 Å². The second-order valence-corrected chi connectivity index (χ2v) is 7.96. The normalized spacial score (nSPS) is 17.5. The average molecular weight is 493 g/mol. The van der Waals surface area contributed by atoms with Crippen LogP contribution in [-0.4, -0.2) is 35.6 Å². The number of nitrogens with zero attached hydrogens (tertiary/aromatic N) is 3. The van der Waals surface area contributed by atoms with Crippen molar-refractivity contribution in [2.24, 2.45) is 0 Å². The zero-order valence-electron chi connectivity index (χ0n) is 17.8. The second kappa shape index (κ2) is 10.8. The highest BCUT2D eigenvalue weighted by Gasteiger charge is 2.33. The van der Waals surface area contributed by atoms with Gasteiger partial charge in [0, 0.05) is 36.1 Å². The molecule has 0 amide bonds. The van der Waals surface area contributed by atoms with Crippen LogP contribution in [0.4, 0.5) is 36.3 Å². The van der Waals surface area contributed by atoms with Crippen molar-refractivity contribution in [2.75, 3.05) is 35.6 Å². The van der Waals surface area contributed by atoms with Crippen LogP contribution < -0.4 is 21.3 Å². The number of halogens is 5. The Morgan fingerprint density at radius 3 is 2.69 bits per heavy atom. The molecule has 1 aliphatic carbocycles. The van der Waals surface area contributed by atoms with Crippen LogP contribution in [0.2, 0.25) is 0 Å². The van der Waals surface area contributed by atoms with Gasteiger partial charge in [-0.2, -0.15) is 18.2 Å². The SMILES string of the molecule is CCCNC1CCN(c2nc(Nc3ccc(N)c(C(F)(F)F)c3)nc3c2CCC3)C1.Cl.Cl. The van der Waals surface area contributed by atoms with Crippen LogP contribution in [0, 0.1) is 0 Å². The lowest BCUT2D eigenvalue weighted by Crippen LogP contribution is -2.33. The lowest BCUT2D eigenvalue weighted by Gasteiger charge is -2.22. The van der Waals surface area contributed by atoms with Gasteiger partial charge in [0.1, 0.15) is 5.82 Å². The summed E-state index contributed by atoms with van der Waals surface area (Å²) in [7, 11) is 0. The number of hydrogen-bond acceptors (Lipinski definition) is 6. The highest BCUT2D eigenvalue weighted by molar-refractivity contribution is 5.85. The minimum Gasteiger partial charge on any atom is -0.398 e. The van der Waals surface area contributed by atoms with Crippen molar-refractivity contribution in [3.8, 4) is 0 Å². The Morgan fingerprint density at radius 2 is 1.97 bits per heavy atom. The molecule has 4 rings (SSSR count). The number of aryl methyl sites for hydroxylation is 1. The van der Waals surface area contributed by atoms with Crippen molar-refractivity contribution >= 4 is 48.0 Å². The molecular formula is C21H29Cl2F3N6. The topological polar surface area (TPSA) is 79.1 Å². The van der Waals surface area contributed by atoms with Gasteiger partial charge >= 0.3 is 6.18 Å². The first-order chi connectivity index (χ1) is 14.3. The van der Waals surface area contributed by atoms with Crippen molar-refractivity contribution in [3.05, 3.63) is 35.0 Å². The minimum atomic E-state index is -4.51. The molecule has 32 heavy (non-hydrogen) atoms. The lowest BCUT2D eigenvalue weighted by atomic mass is 10.1. The predicted octanol–water partition coefficient (Wildman–Crippen LogP) is 4.73. The molecule has 1 unspecified atom stereocenters. The number of aromatic nitrogens is 2. The number of nitrogens with two attached hydrogens (primary N) is 1. The summed E-state index contributed by atoms with van der Waals surface area (Å²) in [5.74, 6) is 1.24. The fourth-order valence-corrected chi connectivity index (χ4v) is 4.21. The van der Waals surface area contributed by atoms with E-state index in [4.69, 9.17) is 10.7 Å². The zero-order chi connectivity index (χ0) is 21.3. The van der Waals surface area contributed by atoms with Crippen LogP contribution in [0.3, 0.4) is 0 Å². The van der Waals surface area contributed by atoms with E-state index in [9.17, 15) is 13.2 Å². The van der Waals surface area contributed by atoms with Gasteiger partial charge in [-0.05, 0) is 56.8 Å². The molecular weight excluding hydrogens is 464 g/mol. The van der Waals surface area contributed by atoms with Gasteiger partial charge in [-0.3, -0.25) is 0 Å². The summed E-state index contributed by atoms with van der Waals surface area (Å²) in [4.78, 5) is 11.6. The molecule has 1 aliphatic heterocycles. The number of anilines is 4.